The number of thiophene rings is 1. The van der Waals surface area contributed by atoms with E-state index in [-0.39, 0.29) is 6.04 Å². The van der Waals surface area contributed by atoms with Gasteiger partial charge in [0.25, 0.3) is 0 Å². The second kappa shape index (κ2) is 5.44. The van der Waals surface area contributed by atoms with Crippen molar-refractivity contribution < 1.29 is 0 Å². The zero-order valence-corrected chi connectivity index (χ0v) is 11.0. The Kier molecular flexibility index (Phi) is 3.93. The average Bonchev–Trinajstić information content (AvgIpc) is 2.94. The van der Waals surface area contributed by atoms with Crippen LogP contribution in [0.3, 0.4) is 0 Å². The van der Waals surface area contributed by atoms with E-state index in [1.54, 1.807) is 11.3 Å². The molecule has 3 N–H and O–H groups in total. The van der Waals surface area contributed by atoms with Crippen LogP contribution in [0.2, 0.25) is 0 Å². The number of hydrazine groups is 1. The lowest BCUT2D eigenvalue weighted by Gasteiger charge is -2.14. The van der Waals surface area contributed by atoms with Gasteiger partial charge in [-0.2, -0.15) is 5.10 Å². The molecule has 0 fully saturated rings. The Bertz CT molecular complexity index is 461. The second-order valence-corrected chi connectivity index (χ2v) is 5.01. The molecule has 2 aromatic rings. The van der Waals surface area contributed by atoms with E-state index < -0.39 is 0 Å². The van der Waals surface area contributed by atoms with Crippen molar-refractivity contribution in [1.82, 2.24) is 15.2 Å². The molecule has 17 heavy (non-hydrogen) atoms. The number of hydrogen-bond acceptors (Lipinski definition) is 4. The Balaban J connectivity index is 2.18. The molecular weight excluding hydrogens is 232 g/mol. The van der Waals surface area contributed by atoms with Crippen LogP contribution in [0.5, 0.6) is 0 Å². The number of nitrogens with two attached hydrogens (primary N) is 1. The van der Waals surface area contributed by atoms with Crippen LogP contribution < -0.4 is 11.3 Å². The molecule has 0 saturated heterocycles. The molecule has 1 atom stereocenters. The zero-order valence-electron chi connectivity index (χ0n) is 10.2. The predicted octanol–water partition coefficient (Wildman–Crippen LogP) is 2.02. The minimum Gasteiger partial charge on any atom is -0.271 e. The lowest BCUT2D eigenvalue weighted by molar-refractivity contribution is 0.523. The molecule has 0 aliphatic carbocycles. The first-order valence-corrected chi connectivity index (χ1v) is 6.65. The van der Waals surface area contributed by atoms with Crippen molar-refractivity contribution in [2.45, 2.75) is 32.9 Å². The summed E-state index contributed by atoms with van der Waals surface area (Å²) in [7, 11) is 0. The van der Waals surface area contributed by atoms with E-state index >= 15 is 0 Å². The normalized spacial score (nSPS) is 12.9. The molecule has 1 unspecified atom stereocenters. The first-order valence-electron chi connectivity index (χ1n) is 5.77. The maximum absolute atomic E-state index is 5.64. The minimum absolute atomic E-state index is 0.163. The highest BCUT2D eigenvalue weighted by atomic mass is 32.1. The Morgan fingerprint density at radius 2 is 2.41 bits per heavy atom. The molecule has 5 heteroatoms. The van der Waals surface area contributed by atoms with Crippen molar-refractivity contribution in [3.8, 4) is 0 Å². The number of nitrogens with zero attached hydrogens (tertiary/aromatic N) is 2. The van der Waals surface area contributed by atoms with Crippen molar-refractivity contribution in [1.29, 1.82) is 0 Å². The number of nitrogens with one attached hydrogen (secondary N) is 1. The van der Waals surface area contributed by atoms with Gasteiger partial charge in [0.15, 0.2) is 0 Å². The largest absolute Gasteiger partial charge is 0.271 e. The van der Waals surface area contributed by atoms with Gasteiger partial charge in [0.1, 0.15) is 0 Å². The molecule has 2 aromatic heterocycles. The van der Waals surface area contributed by atoms with E-state index in [1.807, 2.05) is 17.7 Å². The van der Waals surface area contributed by atoms with Gasteiger partial charge in [-0.05, 0) is 31.4 Å². The van der Waals surface area contributed by atoms with Crippen LogP contribution in [0.15, 0.2) is 23.6 Å². The topological polar surface area (TPSA) is 55.9 Å². The molecule has 0 saturated carbocycles. The van der Waals surface area contributed by atoms with E-state index in [0.717, 1.165) is 18.7 Å². The maximum atomic E-state index is 5.64. The average molecular weight is 250 g/mol. The van der Waals surface area contributed by atoms with E-state index in [9.17, 15) is 0 Å². The van der Waals surface area contributed by atoms with Gasteiger partial charge in [0.2, 0.25) is 0 Å². The third kappa shape index (κ3) is 2.74. The third-order valence-corrected chi connectivity index (χ3v) is 3.77. The molecule has 0 spiro atoms. The Hall–Kier alpha value is -1.17. The van der Waals surface area contributed by atoms with E-state index in [1.165, 1.54) is 10.6 Å². The first kappa shape index (κ1) is 12.3. The summed E-state index contributed by atoms with van der Waals surface area (Å²) in [5.41, 5.74) is 5.17. The highest BCUT2D eigenvalue weighted by Gasteiger charge is 2.14. The lowest BCUT2D eigenvalue weighted by atomic mass is 10.1. The molecule has 0 aliphatic rings. The number of hydrogen-bond donors (Lipinski definition) is 2. The first-order chi connectivity index (χ1) is 8.24. The zero-order chi connectivity index (χ0) is 12.3. The third-order valence-electron chi connectivity index (χ3n) is 2.79. The van der Waals surface area contributed by atoms with E-state index in [2.05, 4.69) is 35.0 Å². The van der Waals surface area contributed by atoms with Crippen LogP contribution in [0, 0.1) is 6.92 Å². The van der Waals surface area contributed by atoms with Crippen molar-refractivity contribution in [2.24, 2.45) is 5.84 Å². The molecule has 0 bridgehead atoms. The van der Waals surface area contributed by atoms with Crippen LogP contribution in [0.4, 0.5) is 0 Å². The Morgan fingerprint density at radius 1 is 1.59 bits per heavy atom. The molecule has 0 aliphatic heterocycles. The molecule has 0 amide bonds. The van der Waals surface area contributed by atoms with E-state index in [4.69, 9.17) is 5.84 Å². The van der Waals surface area contributed by atoms with Crippen molar-refractivity contribution in [3.05, 3.63) is 39.8 Å². The molecule has 0 aromatic carbocycles. The number of aryl methyl sites for hydroxylation is 2. The predicted molar refractivity (Wildman–Crippen MR) is 70.7 cm³/mol. The standard InChI is InChI=1S/C12H18N4S/c1-3-16-10(7-9(2)15-16)8-11(14-13)12-5-4-6-17-12/h4-7,11,14H,3,8,13H2,1-2H3. The summed E-state index contributed by atoms with van der Waals surface area (Å²) < 4.78 is 2.04. The Morgan fingerprint density at radius 3 is 3.00 bits per heavy atom. The molecular formula is C12H18N4S. The van der Waals surface area contributed by atoms with Crippen LogP contribution in [-0.4, -0.2) is 9.78 Å². The summed E-state index contributed by atoms with van der Waals surface area (Å²) in [5.74, 6) is 5.64. The monoisotopic (exact) mass is 250 g/mol. The summed E-state index contributed by atoms with van der Waals surface area (Å²) in [5, 5.41) is 6.52. The molecule has 2 heterocycles. The van der Waals surface area contributed by atoms with Crippen molar-refractivity contribution in [2.75, 3.05) is 0 Å². The summed E-state index contributed by atoms with van der Waals surface area (Å²) in [6, 6.07) is 6.44. The second-order valence-electron chi connectivity index (χ2n) is 4.03. The quantitative estimate of drug-likeness (QED) is 0.630. The summed E-state index contributed by atoms with van der Waals surface area (Å²) in [4.78, 5) is 1.26. The van der Waals surface area contributed by atoms with Crippen LogP contribution >= 0.6 is 11.3 Å². The van der Waals surface area contributed by atoms with Gasteiger partial charge in [-0.3, -0.25) is 16.0 Å². The van der Waals surface area contributed by atoms with Crippen LogP contribution in [0.25, 0.3) is 0 Å². The molecule has 2 rings (SSSR count). The summed E-state index contributed by atoms with van der Waals surface area (Å²) in [6.07, 6.45) is 0.867. The van der Waals surface area contributed by atoms with Gasteiger partial charge in [-0.25, -0.2) is 0 Å². The number of aromatic nitrogens is 2. The smallest absolute Gasteiger partial charge is 0.0608 e. The van der Waals surface area contributed by atoms with Gasteiger partial charge in [0, 0.05) is 23.5 Å². The minimum atomic E-state index is 0.163. The lowest BCUT2D eigenvalue weighted by Crippen LogP contribution is -2.29. The fourth-order valence-corrected chi connectivity index (χ4v) is 2.76. The van der Waals surface area contributed by atoms with Gasteiger partial charge in [0.05, 0.1) is 11.7 Å². The molecule has 0 radical (unpaired) electrons. The summed E-state index contributed by atoms with van der Waals surface area (Å²) in [6.45, 7) is 5.02. The Labute approximate surface area is 105 Å². The molecule has 92 valence electrons. The molecule has 4 nitrogen and oxygen atoms in total. The van der Waals surface area contributed by atoms with E-state index in [0.29, 0.717) is 0 Å². The van der Waals surface area contributed by atoms with Crippen molar-refractivity contribution >= 4 is 11.3 Å². The van der Waals surface area contributed by atoms with Gasteiger partial charge in [-0.1, -0.05) is 6.07 Å². The van der Waals surface area contributed by atoms with Crippen LogP contribution in [0.1, 0.15) is 29.2 Å². The van der Waals surface area contributed by atoms with Gasteiger partial charge in [-0.15, -0.1) is 11.3 Å². The highest BCUT2D eigenvalue weighted by molar-refractivity contribution is 7.10. The maximum Gasteiger partial charge on any atom is 0.0608 e. The van der Waals surface area contributed by atoms with Crippen molar-refractivity contribution in [3.63, 3.8) is 0 Å². The van der Waals surface area contributed by atoms with Gasteiger partial charge < -0.3 is 0 Å². The highest BCUT2D eigenvalue weighted by Crippen LogP contribution is 2.22. The summed E-state index contributed by atoms with van der Waals surface area (Å²) >= 11 is 1.72. The SMILES string of the molecule is CCn1nc(C)cc1CC(NN)c1cccs1. The number of rotatable bonds is 5. The fraction of sp³-hybridized carbons (Fsp3) is 0.417. The fourth-order valence-electron chi connectivity index (χ4n) is 1.98. The van der Waals surface area contributed by atoms with Crippen LogP contribution in [-0.2, 0) is 13.0 Å². The van der Waals surface area contributed by atoms with Gasteiger partial charge >= 0.3 is 0 Å².